The monoisotopic (exact) mass is 539 g/mol. The van der Waals surface area contributed by atoms with E-state index in [1.807, 2.05) is 126 Å². The van der Waals surface area contributed by atoms with Crippen LogP contribution in [0.4, 0.5) is 5.82 Å². The fraction of sp³-hybridized carbons (Fsp3) is 0.0286. The van der Waals surface area contributed by atoms with Crippen LogP contribution >= 0.6 is 11.6 Å². The number of nitrogens with zero attached hydrogens (tertiary/aromatic N) is 3. The van der Waals surface area contributed by atoms with Crippen LogP contribution in [0.5, 0.6) is 5.75 Å². The van der Waals surface area contributed by atoms with Crippen molar-refractivity contribution in [2.75, 3.05) is 0 Å². The van der Waals surface area contributed by atoms with E-state index < -0.39 is 0 Å². The normalized spacial score (nSPS) is 11.1. The lowest BCUT2D eigenvalue weighted by Crippen LogP contribution is -1.97. The highest BCUT2D eigenvalue weighted by molar-refractivity contribution is 6.31. The zero-order valence-corrected chi connectivity index (χ0v) is 22.4. The minimum atomic E-state index is 0.409. The SMILES string of the molecule is Clc1ccccc1COc1ccc(C=Nc2c(-c3ccccc3)c(-c3ccccc3)nn2-c2ccccc2)cc1. The van der Waals surface area contributed by atoms with Crippen LogP contribution in [0.15, 0.2) is 145 Å². The van der Waals surface area contributed by atoms with E-state index >= 15 is 0 Å². The summed E-state index contributed by atoms with van der Waals surface area (Å²) in [6, 6.07) is 46.2. The Morgan fingerprint density at radius 3 is 1.95 bits per heavy atom. The molecule has 0 fully saturated rings. The number of hydrogen-bond acceptors (Lipinski definition) is 3. The van der Waals surface area contributed by atoms with Gasteiger partial charge in [0.2, 0.25) is 0 Å². The summed E-state index contributed by atoms with van der Waals surface area (Å²) in [5.41, 5.74) is 6.79. The van der Waals surface area contributed by atoms with Gasteiger partial charge < -0.3 is 4.74 Å². The predicted octanol–water partition coefficient (Wildman–Crippen LogP) is 9.19. The summed E-state index contributed by atoms with van der Waals surface area (Å²) < 4.78 is 7.87. The largest absolute Gasteiger partial charge is 0.489 e. The van der Waals surface area contributed by atoms with Gasteiger partial charge in [-0.1, -0.05) is 109 Å². The lowest BCUT2D eigenvalue weighted by Gasteiger charge is -2.08. The van der Waals surface area contributed by atoms with Gasteiger partial charge in [-0.15, -0.1) is 0 Å². The quantitative estimate of drug-likeness (QED) is 0.181. The molecule has 1 heterocycles. The van der Waals surface area contributed by atoms with Gasteiger partial charge in [0.1, 0.15) is 18.1 Å². The van der Waals surface area contributed by atoms with Crippen molar-refractivity contribution in [3.63, 3.8) is 0 Å². The van der Waals surface area contributed by atoms with Gasteiger partial charge in [-0.05, 0) is 53.6 Å². The molecule has 6 rings (SSSR count). The van der Waals surface area contributed by atoms with Crippen LogP contribution in [0.25, 0.3) is 28.1 Å². The predicted molar refractivity (Wildman–Crippen MR) is 164 cm³/mol. The van der Waals surface area contributed by atoms with E-state index in [2.05, 4.69) is 24.3 Å². The number of benzene rings is 5. The summed E-state index contributed by atoms with van der Waals surface area (Å²) in [5, 5.41) is 5.79. The van der Waals surface area contributed by atoms with Crippen LogP contribution in [-0.2, 0) is 6.61 Å². The van der Waals surface area contributed by atoms with Crippen LogP contribution in [0.1, 0.15) is 11.1 Å². The summed E-state index contributed by atoms with van der Waals surface area (Å²) in [6.45, 7) is 0.409. The number of aliphatic imine (C=N–C) groups is 1. The van der Waals surface area contributed by atoms with E-state index in [0.29, 0.717) is 11.6 Å². The Morgan fingerprint density at radius 1 is 0.675 bits per heavy atom. The summed E-state index contributed by atoms with van der Waals surface area (Å²) >= 11 is 6.27. The highest BCUT2D eigenvalue weighted by atomic mass is 35.5. The molecule has 0 spiro atoms. The molecule has 5 aromatic carbocycles. The average molecular weight is 540 g/mol. The number of aromatic nitrogens is 2. The van der Waals surface area contributed by atoms with Crippen LogP contribution in [0.2, 0.25) is 5.02 Å². The zero-order chi connectivity index (χ0) is 27.1. The number of halogens is 1. The van der Waals surface area contributed by atoms with Gasteiger partial charge in [-0.3, -0.25) is 0 Å². The topological polar surface area (TPSA) is 39.4 Å². The van der Waals surface area contributed by atoms with Crippen molar-refractivity contribution < 1.29 is 4.74 Å². The Bertz CT molecular complexity index is 1730. The molecule has 6 aromatic rings. The molecular weight excluding hydrogens is 514 g/mol. The summed E-state index contributed by atoms with van der Waals surface area (Å²) in [5.74, 6) is 1.53. The van der Waals surface area contributed by atoms with Gasteiger partial charge in [0.05, 0.1) is 11.3 Å². The molecule has 0 aliphatic heterocycles. The molecule has 0 amide bonds. The summed E-state index contributed by atoms with van der Waals surface area (Å²) in [4.78, 5) is 5.03. The van der Waals surface area contributed by atoms with Crippen LogP contribution in [-0.4, -0.2) is 16.0 Å². The molecule has 1 aromatic heterocycles. The van der Waals surface area contributed by atoms with Gasteiger partial charge >= 0.3 is 0 Å². The third kappa shape index (κ3) is 5.58. The molecule has 0 radical (unpaired) electrons. The van der Waals surface area contributed by atoms with Crippen molar-refractivity contribution in [3.05, 3.63) is 156 Å². The van der Waals surface area contributed by atoms with Crippen molar-refractivity contribution in [3.8, 4) is 33.8 Å². The number of para-hydroxylation sites is 1. The van der Waals surface area contributed by atoms with Gasteiger partial charge in [0.25, 0.3) is 0 Å². The molecule has 0 saturated carbocycles. The second-order valence-corrected chi connectivity index (χ2v) is 9.64. The minimum Gasteiger partial charge on any atom is -0.489 e. The van der Waals surface area contributed by atoms with Gasteiger partial charge in [-0.2, -0.15) is 5.10 Å². The maximum absolute atomic E-state index is 6.27. The van der Waals surface area contributed by atoms with Gasteiger partial charge in [0.15, 0.2) is 5.82 Å². The van der Waals surface area contributed by atoms with E-state index in [0.717, 1.165) is 50.8 Å². The molecule has 5 heteroatoms. The van der Waals surface area contributed by atoms with Crippen LogP contribution < -0.4 is 4.74 Å². The van der Waals surface area contributed by atoms with Gasteiger partial charge in [0, 0.05) is 22.4 Å². The van der Waals surface area contributed by atoms with Crippen molar-refractivity contribution in [2.45, 2.75) is 6.61 Å². The van der Waals surface area contributed by atoms with Crippen molar-refractivity contribution in [2.24, 2.45) is 4.99 Å². The van der Waals surface area contributed by atoms with E-state index in [-0.39, 0.29) is 0 Å². The molecule has 40 heavy (non-hydrogen) atoms. The molecule has 0 aliphatic rings. The second kappa shape index (κ2) is 11.9. The fourth-order valence-corrected chi connectivity index (χ4v) is 4.70. The first-order valence-corrected chi connectivity index (χ1v) is 13.4. The second-order valence-electron chi connectivity index (χ2n) is 9.23. The Kier molecular flexibility index (Phi) is 7.51. The van der Waals surface area contributed by atoms with Crippen LogP contribution in [0.3, 0.4) is 0 Å². The molecule has 0 atom stereocenters. The third-order valence-corrected chi connectivity index (χ3v) is 6.91. The lowest BCUT2D eigenvalue weighted by molar-refractivity contribution is 0.306. The first kappa shape index (κ1) is 25.4. The third-order valence-electron chi connectivity index (χ3n) is 6.54. The fourth-order valence-electron chi connectivity index (χ4n) is 4.51. The molecule has 0 N–H and O–H groups in total. The maximum atomic E-state index is 6.27. The molecular formula is C35H26ClN3O. The number of rotatable bonds is 8. The van der Waals surface area contributed by atoms with Crippen molar-refractivity contribution >= 4 is 23.6 Å². The van der Waals surface area contributed by atoms with E-state index in [1.54, 1.807) is 0 Å². The highest BCUT2D eigenvalue weighted by Gasteiger charge is 2.21. The zero-order valence-electron chi connectivity index (χ0n) is 21.7. The summed E-state index contributed by atoms with van der Waals surface area (Å²) in [7, 11) is 0. The minimum absolute atomic E-state index is 0.409. The van der Waals surface area contributed by atoms with E-state index in [1.165, 1.54) is 0 Å². The molecule has 0 aliphatic carbocycles. The summed E-state index contributed by atoms with van der Waals surface area (Å²) in [6.07, 6.45) is 1.87. The van der Waals surface area contributed by atoms with E-state index in [4.69, 9.17) is 26.4 Å². The Morgan fingerprint density at radius 2 is 1.27 bits per heavy atom. The molecule has 4 nitrogen and oxygen atoms in total. The molecule has 194 valence electrons. The van der Waals surface area contributed by atoms with Gasteiger partial charge in [-0.25, -0.2) is 9.67 Å². The first-order chi connectivity index (χ1) is 19.8. The first-order valence-electron chi connectivity index (χ1n) is 13.1. The Labute approximate surface area is 238 Å². The molecule has 0 unspecified atom stereocenters. The van der Waals surface area contributed by atoms with Crippen LogP contribution in [0, 0.1) is 0 Å². The van der Waals surface area contributed by atoms with Crippen molar-refractivity contribution in [1.29, 1.82) is 0 Å². The van der Waals surface area contributed by atoms with Crippen molar-refractivity contribution in [1.82, 2.24) is 9.78 Å². The standard InChI is InChI=1S/C35H26ClN3O/c36-32-19-11-10-16-29(32)25-40-31-22-20-26(21-23-31)24-37-35-33(27-12-4-1-5-13-27)34(28-14-6-2-7-15-28)38-39(35)30-17-8-3-9-18-30/h1-24H,25H2. The number of hydrogen-bond donors (Lipinski definition) is 0. The smallest absolute Gasteiger partial charge is 0.164 e. The average Bonchev–Trinajstić information content (AvgIpc) is 3.41. The van der Waals surface area contributed by atoms with E-state index in [9.17, 15) is 0 Å². The Hall–Kier alpha value is -4.93. The lowest BCUT2D eigenvalue weighted by atomic mass is 10.0. The maximum Gasteiger partial charge on any atom is 0.164 e. The number of ether oxygens (including phenoxy) is 1. The Balaban J connectivity index is 1.38. The molecule has 0 saturated heterocycles. The molecule has 0 bridgehead atoms. The highest BCUT2D eigenvalue weighted by Crippen LogP contribution is 2.40.